The Morgan fingerprint density at radius 2 is 2.04 bits per heavy atom. The summed E-state index contributed by atoms with van der Waals surface area (Å²) in [6, 6.07) is 0. The Kier molecular flexibility index (Phi) is 4.62. The molecule has 3 rings (SSSR count). The van der Waals surface area contributed by atoms with E-state index < -0.39 is 42.9 Å². The second-order valence-corrected chi connectivity index (χ2v) is 7.14. The minimum absolute atomic E-state index is 0.0311. The van der Waals surface area contributed by atoms with Crippen LogP contribution in [0.15, 0.2) is 9.57 Å². The topological polar surface area (TPSA) is 70.7 Å². The Hall–Kier alpha value is -1.56. The molecule has 1 saturated carbocycles. The summed E-state index contributed by atoms with van der Waals surface area (Å²) < 4.78 is 66.8. The normalized spacial score (nSPS) is 23.7. The van der Waals surface area contributed by atoms with E-state index in [2.05, 4.69) is 26.1 Å². The van der Waals surface area contributed by atoms with Gasteiger partial charge in [0.2, 0.25) is 0 Å². The highest BCUT2D eigenvalue weighted by molar-refractivity contribution is 9.10. The molecule has 0 radical (unpaired) electrons. The Bertz CT molecular complexity index is 774. The molecule has 1 N–H and O–H groups in total. The van der Waals surface area contributed by atoms with Crippen LogP contribution in [0.1, 0.15) is 49.9 Å². The highest BCUT2D eigenvalue weighted by Crippen LogP contribution is 2.46. The van der Waals surface area contributed by atoms with Gasteiger partial charge in [0, 0.05) is 18.1 Å². The number of amides is 1. The third-order valence-corrected chi connectivity index (χ3v) is 5.04. The first-order chi connectivity index (χ1) is 12.0. The van der Waals surface area contributed by atoms with Crippen molar-refractivity contribution in [2.45, 2.75) is 57.0 Å². The summed E-state index contributed by atoms with van der Waals surface area (Å²) in [5, 5.41) is 17.1. The predicted molar refractivity (Wildman–Crippen MR) is 82.4 cm³/mol. The van der Waals surface area contributed by atoms with Crippen molar-refractivity contribution in [2.75, 3.05) is 0 Å². The van der Waals surface area contributed by atoms with Crippen molar-refractivity contribution >= 4 is 27.5 Å². The van der Waals surface area contributed by atoms with Crippen LogP contribution in [-0.2, 0) is 11.3 Å². The third kappa shape index (κ3) is 3.13. The van der Waals surface area contributed by atoms with Crippen molar-refractivity contribution in [3.8, 4) is 0 Å². The molecule has 1 atom stereocenters. The number of carbonyl (C=O) groups excluding carboxylic acids is 1. The molecule has 1 fully saturated rings. The summed E-state index contributed by atoms with van der Waals surface area (Å²) in [4.78, 5) is 12.4. The number of rotatable bonds is 4. The van der Waals surface area contributed by atoms with E-state index in [9.17, 15) is 31.9 Å². The lowest BCUT2D eigenvalue weighted by atomic mass is 10.1. The van der Waals surface area contributed by atoms with Gasteiger partial charge >= 0.3 is 6.18 Å². The molecule has 1 aliphatic carbocycles. The molecule has 26 heavy (non-hydrogen) atoms. The Labute approximate surface area is 152 Å². The van der Waals surface area contributed by atoms with Crippen LogP contribution in [0.2, 0.25) is 0 Å². The molecule has 0 saturated heterocycles. The fourth-order valence-corrected chi connectivity index (χ4v) is 3.66. The second kappa shape index (κ2) is 6.25. The van der Waals surface area contributed by atoms with Gasteiger partial charge in [0.15, 0.2) is 0 Å². The van der Waals surface area contributed by atoms with E-state index in [4.69, 9.17) is 0 Å². The minimum Gasteiger partial charge on any atom is -0.362 e. The zero-order chi connectivity index (χ0) is 19.4. The van der Waals surface area contributed by atoms with Crippen molar-refractivity contribution < 1.29 is 31.9 Å². The van der Waals surface area contributed by atoms with E-state index in [1.165, 1.54) is 6.92 Å². The van der Waals surface area contributed by atoms with Crippen molar-refractivity contribution in [1.29, 1.82) is 0 Å². The summed E-state index contributed by atoms with van der Waals surface area (Å²) in [6.07, 6.45) is -7.49. The lowest BCUT2D eigenvalue weighted by molar-refractivity contribution is -0.302. The molecular formula is C14H14BrF5N4O2. The number of halogens is 6. The second-order valence-electron chi connectivity index (χ2n) is 6.35. The van der Waals surface area contributed by atoms with Crippen LogP contribution in [0.5, 0.6) is 0 Å². The van der Waals surface area contributed by atoms with Crippen LogP contribution < -0.4 is 0 Å². The van der Waals surface area contributed by atoms with Crippen molar-refractivity contribution in [1.82, 2.24) is 14.8 Å². The highest BCUT2D eigenvalue weighted by Gasteiger charge is 2.62. The summed E-state index contributed by atoms with van der Waals surface area (Å²) in [7, 11) is 0. The molecule has 1 aromatic rings. The van der Waals surface area contributed by atoms with Gasteiger partial charge in [-0.05, 0) is 35.7 Å². The van der Waals surface area contributed by atoms with E-state index in [1.54, 1.807) is 0 Å². The van der Waals surface area contributed by atoms with Crippen molar-refractivity contribution in [3.63, 3.8) is 0 Å². The van der Waals surface area contributed by atoms with Gasteiger partial charge in [-0.25, -0.2) is 8.78 Å². The van der Waals surface area contributed by atoms with Crippen LogP contribution >= 0.6 is 15.9 Å². The molecule has 1 amide bonds. The molecule has 6 nitrogen and oxygen atoms in total. The molecular weight excluding hydrogens is 431 g/mol. The Morgan fingerprint density at radius 3 is 2.54 bits per heavy atom. The van der Waals surface area contributed by atoms with Crippen LogP contribution in [0.25, 0.3) is 0 Å². The maximum absolute atomic E-state index is 13.2. The van der Waals surface area contributed by atoms with Crippen LogP contribution in [0.3, 0.4) is 0 Å². The van der Waals surface area contributed by atoms with E-state index in [1.807, 2.05) is 0 Å². The number of alkyl halides is 5. The van der Waals surface area contributed by atoms with Crippen LogP contribution in [0, 0.1) is 0 Å². The van der Waals surface area contributed by atoms with E-state index in [-0.39, 0.29) is 21.1 Å². The summed E-state index contributed by atoms with van der Waals surface area (Å²) >= 11 is 3.04. The SMILES string of the molecule is CC1=NN(C(=O)Cn2nc(C(F)F)c(Br)c2C2CC2)[C@@](O)(C(F)(F)F)C1. The number of aliphatic hydroxyl groups is 1. The first-order valence-corrected chi connectivity index (χ1v) is 8.45. The lowest BCUT2D eigenvalue weighted by Gasteiger charge is -2.32. The molecule has 12 heteroatoms. The fourth-order valence-electron chi connectivity index (χ4n) is 2.88. The highest BCUT2D eigenvalue weighted by atomic mass is 79.9. The smallest absolute Gasteiger partial charge is 0.362 e. The van der Waals surface area contributed by atoms with Gasteiger partial charge in [0.25, 0.3) is 18.1 Å². The molecule has 1 aliphatic heterocycles. The number of nitrogens with zero attached hydrogens (tertiary/aromatic N) is 4. The van der Waals surface area contributed by atoms with Gasteiger partial charge in [-0.3, -0.25) is 9.48 Å². The molecule has 0 aromatic carbocycles. The van der Waals surface area contributed by atoms with Gasteiger partial charge in [-0.2, -0.15) is 28.4 Å². The Balaban J connectivity index is 1.92. The fraction of sp³-hybridized carbons (Fsp3) is 0.643. The maximum atomic E-state index is 13.2. The van der Waals surface area contributed by atoms with Gasteiger partial charge in [0.05, 0.1) is 10.2 Å². The average Bonchev–Trinajstić information content (AvgIpc) is 3.20. The average molecular weight is 445 g/mol. The lowest BCUT2D eigenvalue weighted by Crippen LogP contribution is -2.57. The minimum atomic E-state index is -5.12. The van der Waals surface area contributed by atoms with E-state index in [0.29, 0.717) is 18.5 Å². The van der Waals surface area contributed by atoms with E-state index in [0.717, 1.165) is 4.68 Å². The maximum Gasteiger partial charge on any atom is 0.438 e. The van der Waals surface area contributed by atoms with Gasteiger partial charge in [-0.1, -0.05) is 0 Å². The van der Waals surface area contributed by atoms with Gasteiger partial charge < -0.3 is 5.11 Å². The standard InChI is InChI=1S/C14H14BrF5N4O2/c1-6-4-13(26,14(18,19)20)24(21-6)8(25)5-23-11(7-2-3-7)9(15)10(22-23)12(16)17/h7,12,26H,2-5H2,1H3/t13-/m0/s1. The number of carbonyl (C=O) groups is 1. The number of hydrogen-bond acceptors (Lipinski definition) is 4. The first-order valence-electron chi connectivity index (χ1n) is 7.66. The zero-order valence-corrected chi connectivity index (χ0v) is 15.0. The largest absolute Gasteiger partial charge is 0.438 e. The summed E-state index contributed by atoms with van der Waals surface area (Å²) in [5.74, 6) is -1.29. The Morgan fingerprint density at radius 1 is 1.42 bits per heavy atom. The number of aromatic nitrogens is 2. The molecule has 0 bridgehead atoms. The molecule has 0 spiro atoms. The summed E-state index contributed by atoms with van der Waals surface area (Å²) in [6.45, 7) is 0.505. The van der Waals surface area contributed by atoms with Gasteiger partial charge in [-0.15, -0.1) is 0 Å². The summed E-state index contributed by atoms with van der Waals surface area (Å²) in [5.41, 5.74) is -3.77. The first kappa shape index (κ1) is 19.2. The molecule has 144 valence electrons. The number of hydrogen-bond donors (Lipinski definition) is 1. The quantitative estimate of drug-likeness (QED) is 0.724. The molecule has 1 aromatic heterocycles. The van der Waals surface area contributed by atoms with Crippen molar-refractivity contribution in [3.05, 3.63) is 15.9 Å². The van der Waals surface area contributed by atoms with Crippen LogP contribution in [0.4, 0.5) is 22.0 Å². The van der Waals surface area contributed by atoms with Gasteiger partial charge in [0.1, 0.15) is 12.2 Å². The molecule has 0 unspecified atom stereocenters. The predicted octanol–water partition coefficient (Wildman–Crippen LogP) is 3.32. The molecule has 2 aliphatic rings. The van der Waals surface area contributed by atoms with Crippen molar-refractivity contribution in [2.24, 2.45) is 5.10 Å². The molecule has 2 heterocycles. The van der Waals surface area contributed by atoms with E-state index >= 15 is 0 Å². The number of hydrazone groups is 1. The third-order valence-electron chi connectivity index (χ3n) is 4.23. The zero-order valence-electron chi connectivity index (χ0n) is 13.4. The van der Waals surface area contributed by atoms with Crippen LogP contribution in [-0.4, -0.2) is 43.4 Å². The monoisotopic (exact) mass is 444 g/mol.